The van der Waals surface area contributed by atoms with E-state index in [1.54, 1.807) is 27.0 Å². The molecular formula is C25H39N7O6. The second-order valence-corrected chi connectivity index (χ2v) is 10.2. The summed E-state index contributed by atoms with van der Waals surface area (Å²) >= 11 is 0. The van der Waals surface area contributed by atoms with Gasteiger partial charge in [-0.15, -0.1) is 0 Å². The molecule has 0 radical (unpaired) electrons. The molecule has 0 aliphatic carbocycles. The van der Waals surface area contributed by atoms with Gasteiger partial charge in [0, 0.05) is 19.3 Å². The van der Waals surface area contributed by atoms with E-state index in [4.69, 9.17) is 0 Å². The van der Waals surface area contributed by atoms with Crippen LogP contribution < -0.4 is 26.6 Å². The molecule has 2 heterocycles. The molecule has 0 aromatic rings. The van der Waals surface area contributed by atoms with E-state index < -0.39 is 59.4 Å². The lowest BCUT2D eigenvalue weighted by Gasteiger charge is -2.35. The normalized spacial score (nSPS) is 17.5. The van der Waals surface area contributed by atoms with Crippen LogP contribution >= 0.6 is 0 Å². The third-order valence-corrected chi connectivity index (χ3v) is 6.10. The maximum absolute atomic E-state index is 13.5. The van der Waals surface area contributed by atoms with E-state index in [2.05, 4.69) is 31.6 Å². The van der Waals surface area contributed by atoms with Crippen molar-refractivity contribution in [2.45, 2.75) is 65.5 Å². The van der Waals surface area contributed by atoms with E-state index >= 15 is 0 Å². The topological polar surface area (TPSA) is 178 Å². The van der Waals surface area contributed by atoms with Gasteiger partial charge in [0.15, 0.2) is 0 Å². The number of carbonyl (C=O) groups excluding carboxylic acids is 6. The molecule has 13 heteroatoms. The van der Waals surface area contributed by atoms with E-state index in [1.165, 1.54) is 11.1 Å². The zero-order valence-corrected chi connectivity index (χ0v) is 22.5. The molecule has 0 aromatic carbocycles. The van der Waals surface area contributed by atoms with Gasteiger partial charge in [0.1, 0.15) is 17.8 Å². The SMILES string of the molecule is CCCCNC(=O)C(=O)CNC(=O)[C@@H]1CCCN1C(=O)[C@@H](NC(=O)CNC(=O)C1=CN=CCN1)C(C)(C)C. The van der Waals surface area contributed by atoms with Crippen LogP contribution in [0.25, 0.3) is 0 Å². The number of nitrogens with one attached hydrogen (secondary N) is 5. The number of unbranched alkanes of at least 4 members (excludes halogenated alkanes) is 1. The lowest BCUT2D eigenvalue weighted by atomic mass is 9.85. The Balaban J connectivity index is 1.96. The van der Waals surface area contributed by atoms with Crippen molar-refractivity contribution >= 4 is 41.5 Å². The summed E-state index contributed by atoms with van der Waals surface area (Å²) in [5, 5.41) is 13.0. The highest BCUT2D eigenvalue weighted by Crippen LogP contribution is 2.25. The Bertz CT molecular complexity index is 985. The van der Waals surface area contributed by atoms with E-state index in [1.807, 2.05) is 6.92 Å². The molecule has 5 N–H and O–H groups in total. The maximum Gasteiger partial charge on any atom is 0.289 e. The third-order valence-electron chi connectivity index (χ3n) is 6.10. The molecule has 5 amide bonds. The van der Waals surface area contributed by atoms with Crippen LogP contribution in [0.4, 0.5) is 0 Å². The molecule has 2 atom stereocenters. The number of nitrogens with zero attached hydrogens (tertiary/aromatic N) is 2. The fourth-order valence-electron chi connectivity index (χ4n) is 3.95. The largest absolute Gasteiger partial charge is 0.374 e. The Morgan fingerprint density at radius 1 is 1.11 bits per heavy atom. The molecule has 0 bridgehead atoms. The number of Topliss-reactive ketones (excluding diaryl/α,β-unsaturated/α-hetero) is 1. The number of hydrogen-bond acceptors (Lipinski definition) is 8. The van der Waals surface area contributed by atoms with Crippen LogP contribution in [0.3, 0.4) is 0 Å². The first-order valence-corrected chi connectivity index (χ1v) is 12.9. The van der Waals surface area contributed by atoms with E-state index in [-0.39, 0.29) is 12.2 Å². The molecule has 1 saturated heterocycles. The molecule has 2 aliphatic heterocycles. The predicted octanol–water partition coefficient (Wildman–Crippen LogP) is -1.26. The highest BCUT2D eigenvalue weighted by molar-refractivity contribution is 6.37. The number of rotatable bonds is 12. The molecule has 0 aromatic heterocycles. The van der Waals surface area contributed by atoms with Crippen molar-refractivity contribution < 1.29 is 28.8 Å². The van der Waals surface area contributed by atoms with Crippen molar-refractivity contribution in [1.82, 2.24) is 31.5 Å². The summed E-state index contributed by atoms with van der Waals surface area (Å²) in [6, 6.07) is -1.80. The summed E-state index contributed by atoms with van der Waals surface area (Å²) in [5.74, 6) is -3.56. The molecule has 38 heavy (non-hydrogen) atoms. The van der Waals surface area contributed by atoms with Gasteiger partial charge >= 0.3 is 0 Å². The minimum Gasteiger partial charge on any atom is -0.374 e. The first kappa shape index (κ1) is 30.5. The standard InChI is InChI=1S/C25H39N7O6/c1-5-6-9-28-23(37)18(33)14-29-22(36)17-8-7-12-32(17)24(38)20(25(2,3)4)31-19(34)15-30-21(35)16-13-26-10-11-27-16/h10,13,17,20,27H,5-9,11-12,14-15H2,1-4H3,(H,28,37)(H,29,36)(H,30,35)(H,31,34)/t17-,20+/m0/s1. The van der Waals surface area contributed by atoms with Crippen molar-refractivity contribution in [2.24, 2.45) is 10.4 Å². The maximum atomic E-state index is 13.5. The Kier molecular flexibility index (Phi) is 11.4. The zero-order chi connectivity index (χ0) is 28.3. The van der Waals surface area contributed by atoms with Gasteiger partial charge < -0.3 is 31.5 Å². The van der Waals surface area contributed by atoms with Crippen molar-refractivity contribution in [1.29, 1.82) is 0 Å². The van der Waals surface area contributed by atoms with Gasteiger partial charge in [-0.25, -0.2) is 0 Å². The highest BCUT2D eigenvalue weighted by atomic mass is 16.2. The summed E-state index contributed by atoms with van der Waals surface area (Å²) in [6.45, 7) is 7.57. The van der Waals surface area contributed by atoms with Crippen molar-refractivity contribution in [3.8, 4) is 0 Å². The van der Waals surface area contributed by atoms with E-state index in [0.717, 1.165) is 12.8 Å². The van der Waals surface area contributed by atoms with Crippen LogP contribution in [0.1, 0.15) is 53.4 Å². The molecule has 0 spiro atoms. The number of carbonyl (C=O) groups is 6. The molecule has 1 fully saturated rings. The van der Waals surface area contributed by atoms with Gasteiger partial charge in [-0.1, -0.05) is 34.1 Å². The average Bonchev–Trinajstić information content (AvgIpc) is 3.38. The average molecular weight is 534 g/mol. The first-order valence-electron chi connectivity index (χ1n) is 12.9. The molecule has 2 rings (SSSR count). The van der Waals surface area contributed by atoms with Gasteiger partial charge in [0.05, 0.1) is 25.8 Å². The monoisotopic (exact) mass is 533 g/mol. The second-order valence-electron chi connectivity index (χ2n) is 10.2. The lowest BCUT2D eigenvalue weighted by Crippen LogP contribution is -2.59. The van der Waals surface area contributed by atoms with Crippen LogP contribution in [0.2, 0.25) is 0 Å². The van der Waals surface area contributed by atoms with E-state index in [9.17, 15) is 28.8 Å². The Hall–Kier alpha value is -3.77. The molecule has 13 nitrogen and oxygen atoms in total. The van der Waals surface area contributed by atoms with Gasteiger partial charge in [0.2, 0.25) is 23.5 Å². The Labute approximate surface area is 222 Å². The predicted molar refractivity (Wildman–Crippen MR) is 140 cm³/mol. The van der Waals surface area contributed by atoms with Crippen molar-refractivity contribution in [3.05, 3.63) is 11.9 Å². The highest BCUT2D eigenvalue weighted by Gasteiger charge is 2.42. The van der Waals surface area contributed by atoms with Gasteiger partial charge in [-0.3, -0.25) is 33.8 Å². The number of amides is 5. The Morgan fingerprint density at radius 3 is 2.47 bits per heavy atom. The van der Waals surface area contributed by atoms with Crippen LogP contribution in [0, 0.1) is 5.41 Å². The van der Waals surface area contributed by atoms with E-state index in [0.29, 0.717) is 32.5 Å². The molecule has 0 unspecified atom stereocenters. The smallest absolute Gasteiger partial charge is 0.289 e. The Morgan fingerprint density at radius 2 is 1.84 bits per heavy atom. The number of ketones is 1. The van der Waals surface area contributed by atoms with Crippen LogP contribution in [-0.4, -0.2) is 91.2 Å². The van der Waals surface area contributed by atoms with Gasteiger partial charge in [0.25, 0.3) is 11.8 Å². The summed E-state index contributed by atoms with van der Waals surface area (Å²) in [4.78, 5) is 80.3. The number of likely N-dealkylation sites (tertiary alicyclic amines) is 1. The lowest BCUT2D eigenvalue weighted by molar-refractivity contribution is -0.144. The summed E-state index contributed by atoms with van der Waals surface area (Å²) in [5.41, 5.74) is -0.471. The minimum absolute atomic E-state index is 0.228. The molecule has 2 aliphatic rings. The summed E-state index contributed by atoms with van der Waals surface area (Å²) in [6.07, 6.45) is 5.52. The fourth-order valence-corrected chi connectivity index (χ4v) is 3.95. The van der Waals surface area contributed by atoms with Crippen molar-refractivity contribution in [3.63, 3.8) is 0 Å². The van der Waals surface area contributed by atoms with Crippen LogP contribution in [-0.2, 0) is 28.8 Å². The quantitative estimate of drug-likeness (QED) is 0.153. The molecule has 210 valence electrons. The number of hydrogen-bond donors (Lipinski definition) is 5. The summed E-state index contributed by atoms with van der Waals surface area (Å²) < 4.78 is 0. The fraction of sp³-hybridized carbons (Fsp3) is 0.640. The third kappa shape index (κ3) is 8.96. The van der Waals surface area contributed by atoms with Crippen LogP contribution in [0.15, 0.2) is 16.9 Å². The van der Waals surface area contributed by atoms with Gasteiger partial charge in [-0.2, -0.15) is 0 Å². The summed E-state index contributed by atoms with van der Waals surface area (Å²) in [7, 11) is 0. The second kappa shape index (κ2) is 14.2. The zero-order valence-electron chi connectivity index (χ0n) is 22.5. The van der Waals surface area contributed by atoms with Crippen molar-refractivity contribution in [2.75, 3.05) is 32.7 Å². The number of aliphatic imine (C=N–C) groups is 1. The molecule has 0 saturated carbocycles. The molecular weight excluding hydrogens is 494 g/mol. The van der Waals surface area contributed by atoms with Gasteiger partial charge in [-0.05, 0) is 24.7 Å². The first-order chi connectivity index (χ1) is 18.0. The van der Waals surface area contributed by atoms with Crippen LogP contribution in [0.5, 0.6) is 0 Å². The minimum atomic E-state index is -0.970.